The molecule has 2 fully saturated rings. The van der Waals surface area contributed by atoms with Crippen LogP contribution < -0.4 is 0 Å². The van der Waals surface area contributed by atoms with E-state index in [0.717, 1.165) is 64.2 Å². The van der Waals surface area contributed by atoms with Crippen molar-refractivity contribution in [3.8, 4) is 0 Å². The van der Waals surface area contributed by atoms with Gasteiger partial charge in [-0.25, -0.2) is 0 Å². The van der Waals surface area contributed by atoms with E-state index in [9.17, 15) is 4.79 Å². The fourth-order valence-corrected chi connectivity index (χ4v) is 6.10. The fraction of sp³-hybridized carbons (Fsp3) is 0.367. The van der Waals surface area contributed by atoms with E-state index < -0.39 is 0 Å². The first-order valence-corrected chi connectivity index (χ1v) is 13.6. The van der Waals surface area contributed by atoms with Crippen molar-refractivity contribution in [3.05, 3.63) is 106 Å². The normalized spacial score (nSPS) is 19.5. The van der Waals surface area contributed by atoms with Gasteiger partial charge in [-0.2, -0.15) is 0 Å². The molecule has 0 radical (unpaired) electrons. The number of carbonyl (C=O) groups excluding carboxylic acids is 1. The van der Waals surface area contributed by atoms with Crippen LogP contribution in [0.5, 0.6) is 0 Å². The van der Waals surface area contributed by atoms with E-state index in [4.69, 9.17) is 23.2 Å². The average molecular weight is 523 g/mol. The second-order valence-electron chi connectivity index (χ2n) is 9.90. The maximum absolute atomic E-state index is 13.5. The predicted molar refractivity (Wildman–Crippen MR) is 147 cm³/mol. The van der Waals surface area contributed by atoms with Crippen LogP contribution >= 0.6 is 23.2 Å². The van der Waals surface area contributed by atoms with Crippen molar-refractivity contribution in [2.45, 2.75) is 25.4 Å². The number of halogens is 2. The fourth-order valence-electron chi connectivity index (χ4n) is 5.63. The summed E-state index contributed by atoms with van der Waals surface area (Å²) in [5.74, 6) is 0.355. The Balaban J connectivity index is 1.21. The molecule has 3 aromatic rings. The lowest BCUT2D eigenvalue weighted by Gasteiger charge is -2.42. The van der Waals surface area contributed by atoms with E-state index in [1.54, 1.807) is 6.07 Å². The Morgan fingerprint density at radius 3 is 2.08 bits per heavy atom. The summed E-state index contributed by atoms with van der Waals surface area (Å²) in [4.78, 5) is 20.5. The highest BCUT2D eigenvalue weighted by Gasteiger charge is 2.33. The molecule has 0 aromatic heterocycles. The minimum atomic E-state index is 0.0513. The Bertz CT molecular complexity index is 1110. The highest BCUT2D eigenvalue weighted by atomic mass is 35.5. The van der Waals surface area contributed by atoms with Crippen molar-refractivity contribution in [2.24, 2.45) is 5.92 Å². The number of likely N-dealkylation sites (tertiary alicyclic amines) is 1. The minimum Gasteiger partial charge on any atom is -0.340 e. The minimum absolute atomic E-state index is 0.0513. The van der Waals surface area contributed by atoms with E-state index >= 15 is 0 Å². The lowest BCUT2D eigenvalue weighted by atomic mass is 9.94. The summed E-state index contributed by atoms with van der Waals surface area (Å²) in [6, 6.07) is 27.3. The maximum Gasteiger partial charge on any atom is 0.227 e. The quantitative estimate of drug-likeness (QED) is 0.389. The van der Waals surface area contributed by atoms with Crippen molar-refractivity contribution in [2.75, 3.05) is 39.3 Å². The lowest BCUT2D eigenvalue weighted by Crippen LogP contribution is -2.53. The number of piperazine rings is 1. The lowest BCUT2D eigenvalue weighted by molar-refractivity contribution is -0.139. The van der Waals surface area contributed by atoms with Gasteiger partial charge in [-0.1, -0.05) is 89.9 Å². The summed E-state index contributed by atoms with van der Waals surface area (Å²) in [5, 5.41) is 1.34. The molecular formula is C30H33Cl2N3O. The monoisotopic (exact) mass is 521 g/mol. The first-order valence-electron chi connectivity index (χ1n) is 12.9. The first kappa shape index (κ1) is 25.3. The largest absolute Gasteiger partial charge is 0.340 e. The van der Waals surface area contributed by atoms with Crippen LogP contribution in [0.1, 0.15) is 35.6 Å². The van der Waals surface area contributed by atoms with E-state index in [1.165, 1.54) is 11.1 Å². The second-order valence-corrected chi connectivity index (χ2v) is 10.7. The van der Waals surface area contributed by atoms with Gasteiger partial charge in [-0.3, -0.25) is 14.6 Å². The third kappa shape index (κ3) is 5.95. The number of benzene rings is 3. The van der Waals surface area contributed by atoms with E-state index in [-0.39, 0.29) is 12.0 Å². The van der Waals surface area contributed by atoms with Crippen LogP contribution in [0, 0.1) is 5.92 Å². The Hall–Kier alpha value is -2.37. The van der Waals surface area contributed by atoms with Crippen LogP contribution in [-0.2, 0) is 11.3 Å². The van der Waals surface area contributed by atoms with E-state index in [0.29, 0.717) is 16.0 Å². The summed E-state index contributed by atoms with van der Waals surface area (Å²) in [6.07, 6.45) is 1.99. The zero-order valence-electron chi connectivity index (χ0n) is 20.5. The summed E-state index contributed by atoms with van der Waals surface area (Å²) < 4.78 is 0. The molecule has 6 heteroatoms. The molecule has 2 heterocycles. The molecule has 4 nitrogen and oxygen atoms in total. The molecule has 0 bridgehead atoms. The molecule has 2 saturated heterocycles. The number of nitrogens with zero attached hydrogens (tertiary/aromatic N) is 3. The zero-order chi connectivity index (χ0) is 24.9. The molecular weight excluding hydrogens is 489 g/mol. The van der Waals surface area contributed by atoms with Crippen molar-refractivity contribution < 1.29 is 4.79 Å². The Labute approximate surface area is 224 Å². The molecule has 188 valence electrons. The standard InChI is InChI=1S/C30H33Cl2N3O/c31-27-14-13-25(28(32)20-27)21-33-15-7-12-26(22-33)30(36)35-18-16-34(17-19-35)29(23-8-3-1-4-9-23)24-10-5-2-6-11-24/h1-6,8-11,13-14,20,26,29H,7,12,15-19,21-22H2/t26-/m1/s1. The van der Waals surface area contributed by atoms with Crippen molar-refractivity contribution in [1.82, 2.24) is 14.7 Å². The molecule has 0 aliphatic carbocycles. The molecule has 1 atom stereocenters. The van der Waals surface area contributed by atoms with Crippen LogP contribution in [0.15, 0.2) is 78.9 Å². The van der Waals surface area contributed by atoms with Gasteiger partial charge in [0.1, 0.15) is 0 Å². The van der Waals surface area contributed by atoms with Gasteiger partial charge in [0.15, 0.2) is 0 Å². The van der Waals surface area contributed by atoms with Gasteiger partial charge in [0, 0.05) is 49.3 Å². The van der Waals surface area contributed by atoms with Gasteiger partial charge in [0.25, 0.3) is 0 Å². The number of amides is 1. The van der Waals surface area contributed by atoms with Crippen LogP contribution in [0.25, 0.3) is 0 Å². The van der Waals surface area contributed by atoms with E-state index in [2.05, 4.69) is 75.4 Å². The maximum atomic E-state index is 13.5. The SMILES string of the molecule is O=C([C@@H]1CCCN(Cc2ccc(Cl)cc2Cl)C1)N1CCN(C(c2ccccc2)c2ccccc2)CC1. The molecule has 36 heavy (non-hydrogen) atoms. The Morgan fingerprint density at radius 1 is 0.833 bits per heavy atom. The van der Waals surface area contributed by atoms with Crippen molar-refractivity contribution >= 4 is 29.1 Å². The summed E-state index contributed by atoms with van der Waals surface area (Å²) in [5.41, 5.74) is 3.66. The zero-order valence-corrected chi connectivity index (χ0v) is 22.0. The molecule has 0 unspecified atom stereocenters. The molecule has 2 aliphatic heterocycles. The van der Waals surface area contributed by atoms with Crippen LogP contribution in [0.4, 0.5) is 0 Å². The second kappa shape index (κ2) is 11.8. The van der Waals surface area contributed by atoms with Crippen molar-refractivity contribution in [3.63, 3.8) is 0 Å². The van der Waals surface area contributed by atoms with E-state index in [1.807, 2.05) is 12.1 Å². The van der Waals surface area contributed by atoms with Gasteiger partial charge in [0.2, 0.25) is 5.91 Å². The van der Waals surface area contributed by atoms with Crippen molar-refractivity contribution in [1.29, 1.82) is 0 Å². The number of carbonyl (C=O) groups is 1. The molecule has 0 spiro atoms. The Kier molecular flexibility index (Phi) is 8.28. The third-order valence-electron chi connectivity index (χ3n) is 7.49. The highest BCUT2D eigenvalue weighted by molar-refractivity contribution is 6.35. The summed E-state index contributed by atoms with van der Waals surface area (Å²) in [7, 11) is 0. The molecule has 0 saturated carbocycles. The topological polar surface area (TPSA) is 26.8 Å². The molecule has 5 rings (SSSR count). The average Bonchev–Trinajstić information content (AvgIpc) is 2.92. The number of rotatable bonds is 6. The van der Waals surface area contributed by atoms with Crippen LogP contribution in [0.2, 0.25) is 10.0 Å². The summed E-state index contributed by atoms with van der Waals surface area (Å²) in [6.45, 7) is 5.82. The first-order chi connectivity index (χ1) is 17.6. The number of piperidine rings is 1. The Morgan fingerprint density at radius 2 is 1.47 bits per heavy atom. The third-order valence-corrected chi connectivity index (χ3v) is 8.07. The number of hydrogen-bond acceptors (Lipinski definition) is 3. The van der Waals surface area contributed by atoms with Crippen LogP contribution in [0.3, 0.4) is 0 Å². The molecule has 0 N–H and O–H groups in total. The molecule has 1 amide bonds. The highest BCUT2D eigenvalue weighted by Crippen LogP contribution is 2.30. The predicted octanol–water partition coefficient (Wildman–Crippen LogP) is 6.14. The number of hydrogen-bond donors (Lipinski definition) is 0. The van der Waals surface area contributed by atoms with Gasteiger partial charge in [0.05, 0.1) is 12.0 Å². The van der Waals surface area contributed by atoms with Gasteiger partial charge in [-0.05, 0) is 48.2 Å². The smallest absolute Gasteiger partial charge is 0.227 e. The molecule has 3 aromatic carbocycles. The summed E-state index contributed by atoms with van der Waals surface area (Å²) >= 11 is 12.5. The van der Waals surface area contributed by atoms with Gasteiger partial charge in [-0.15, -0.1) is 0 Å². The molecule has 2 aliphatic rings. The van der Waals surface area contributed by atoms with Crippen LogP contribution in [-0.4, -0.2) is 59.9 Å². The van der Waals surface area contributed by atoms with Gasteiger partial charge >= 0.3 is 0 Å². The van der Waals surface area contributed by atoms with Gasteiger partial charge < -0.3 is 4.90 Å².